The molecule has 0 aliphatic rings. The number of nitrogens with zero attached hydrogens (tertiary/aromatic N) is 1. The summed E-state index contributed by atoms with van der Waals surface area (Å²) in [6.07, 6.45) is 89.6. The standard InChI is InChI=1S/C79H149N2O7P/c1-7-10-13-16-19-22-25-28-30-32-34-36-38-39-40-41-43-44-46-48-50-53-56-59-62-65-68-71-78(82)80-76(75-87-89(84,85)86-74-73-81(4,5)6)77(70-67-64-61-58-55-52-27-24-21-18-15-12-9-3)88-79(83)72-69-66-63-60-57-54-51-49-47-45-42-37-35-33-31-29-26-23-20-17-14-11-8-2/h19-20,22-23,28-31,67,70,76-77H,7-18,21,24-27,32-66,68-69,71-75H2,1-6H3,(H-,80,82,84,85)/p+1/b22-19-,23-20-,30-28-,31-29-,70-67-. The first-order valence-electron chi connectivity index (χ1n) is 38.6. The van der Waals surface area contributed by atoms with Gasteiger partial charge in [-0.3, -0.25) is 18.6 Å². The number of allylic oxidation sites excluding steroid dienone is 9. The van der Waals surface area contributed by atoms with Crippen molar-refractivity contribution in [2.24, 2.45) is 0 Å². The summed E-state index contributed by atoms with van der Waals surface area (Å²) < 4.78 is 30.9. The molecule has 10 heteroatoms. The van der Waals surface area contributed by atoms with Crippen molar-refractivity contribution in [2.75, 3.05) is 40.9 Å². The Balaban J connectivity index is 4.97. The van der Waals surface area contributed by atoms with Crippen molar-refractivity contribution in [3.05, 3.63) is 60.8 Å². The maximum Gasteiger partial charge on any atom is 0.472 e. The predicted molar refractivity (Wildman–Crippen MR) is 388 cm³/mol. The van der Waals surface area contributed by atoms with Gasteiger partial charge in [-0.25, -0.2) is 4.57 Å². The molecule has 3 atom stereocenters. The minimum atomic E-state index is -4.46. The van der Waals surface area contributed by atoms with Crippen LogP contribution in [0.4, 0.5) is 0 Å². The number of ether oxygens (including phenoxy) is 1. The Morgan fingerprint density at radius 2 is 0.685 bits per heavy atom. The lowest BCUT2D eigenvalue weighted by molar-refractivity contribution is -0.870. The number of phosphoric ester groups is 1. The van der Waals surface area contributed by atoms with Gasteiger partial charge in [-0.2, -0.15) is 0 Å². The second kappa shape index (κ2) is 68.6. The fourth-order valence-corrected chi connectivity index (χ4v) is 12.2. The maximum atomic E-state index is 13.7. The average molecular weight is 1270 g/mol. The summed E-state index contributed by atoms with van der Waals surface area (Å²) in [6, 6.07) is -0.849. The quantitative estimate of drug-likeness (QED) is 0.0205. The van der Waals surface area contributed by atoms with Crippen molar-refractivity contribution in [1.82, 2.24) is 5.32 Å². The topological polar surface area (TPSA) is 111 Å². The molecular weight excluding hydrogens is 1120 g/mol. The number of quaternary nitrogens is 1. The van der Waals surface area contributed by atoms with E-state index >= 15 is 0 Å². The van der Waals surface area contributed by atoms with Gasteiger partial charge in [0, 0.05) is 12.8 Å². The van der Waals surface area contributed by atoms with Gasteiger partial charge in [0.2, 0.25) is 5.91 Å². The Kier molecular flexibility index (Phi) is 66.8. The molecule has 1 amide bonds. The van der Waals surface area contributed by atoms with Gasteiger partial charge in [-0.1, -0.05) is 332 Å². The first-order valence-corrected chi connectivity index (χ1v) is 40.1. The molecule has 522 valence electrons. The van der Waals surface area contributed by atoms with E-state index in [1.807, 2.05) is 27.2 Å². The van der Waals surface area contributed by atoms with E-state index in [1.54, 1.807) is 0 Å². The highest BCUT2D eigenvalue weighted by molar-refractivity contribution is 7.47. The van der Waals surface area contributed by atoms with Crippen molar-refractivity contribution in [3.63, 3.8) is 0 Å². The molecular formula is C79H150N2O7P+. The first-order chi connectivity index (χ1) is 43.4. The van der Waals surface area contributed by atoms with Crippen LogP contribution in [0.15, 0.2) is 60.8 Å². The van der Waals surface area contributed by atoms with Crippen LogP contribution < -0.4 is 5.32 Å². The molecule has 0 aromatic rings. The van der Waals surface area contributed by atoms with Crippen molar-refractivity contribution < 1.29 is 37.3 Å². The summed E-state index contributed by atoms with van der Waals surface area (Å²) in [5, 5.41) is 3.09. The van der Waals surface area contributed by atoms with Gasteiger partial charge in [0.05, 0.1) is 33.8 Å². The fourth-order valence-electron chi connectivity index (χ4n) is 11.5. The van der Waals surface area contributed by atoms with Gasteiger partial charge < -0.3 is 19.4 Å². The summed E-state index contributed by atoms with van der Waals surface area (Å²) in [4.78, 5) is 38.0. The number of amides is 1. The number of likely N-dealkylation sites (N-methyl/N-ethyl adjacent to an activating group) is 1. The number of carbonyl (C=O) groups excluding carboxylic acids is 2. The Morgan fingerprint density at radius 1 is 0.393 bits per heavy atom. The molecule has 89 heavy (non-hydrogen) atoms. The lowest BCUT2D eigenvalue weighted by Gasteiger charge is -2.27. The second-order valence-corrected chi connectivity index (χ2v) is 29.0. The van der Waals surface area contributed by atoms with Gasteiger partial charge in [0.15, 0.2) is 0 Å². The molecule has 0 radical (unpaired) electrons. The van der Waals surface area contributed by atoms with Crippen LogP contribution in [-0.4, -0.2) is 74.3 Å². The van der Waals surface area contributed by atoms with E-state index in [0.29, 0.717) is 23.9 Å². The highest BCUT2D eigenvalue weighted by atomic mass is 31.2. The molecule has 0 saturated heterocycles. The number of phosphoric acid groups is 1. The van der Waals surface area contributed by atoms with Crippen LogP contribution in [-0.2, 0) is 27.9 Å². The lowest BCUT2D eigenvalue weighted by Crippen LogP contribution is -2.47. The summed E-state index contributed by atoms with van der Waals surface area (Å²) in [7, 11) is 1.51. The highest BCUT2D eigenvalue weighted by Gasteiger charge is 2.30. The van der Waals surface area contributed by atoms with Gasteiger partial charge in [-0.15, -0.1) is 0 Å². The third-order valence-corrected chi connectivity index (χ3v) is 18.4. The number of nitrogens with one attached hydrogen (secondary N) is 1. The molecule has 0 heterocycles. The minimum absolute atomic E-state index is 0.0414. The SMILES string of the molecule is CCCCC/C=C\C/C=C\CCCCCCCCCCCCCCCCCCCC(=O)NC(COP(=O)(O)OCC[N+](C)(C)C)C(/C=C\CCCCCCCCCCCCC)OC(=O)CCCCCCCCCCCCCCC/C=C\C/C=C\CCCCC. The Labute approximate surface area is 553 Å². The second-order valence-electron chi connectivity index (χ2n) is 27.5. The van der Waals surface area contributed by atoms with E-state index in [0.717, 1.165) is 70.6 Å². The Bertz CT molecular complexity index is 1700. The monoisotopic (exact) mass is 1270 g/mol. The minimum Gasteiger partial charge on any atom is -0.456 e. The van der Waals surface area contributed by atoms with Crippen molar-refractivity contribution in [3.8, 4) is 0 Å². The molecule has 0 aromatic heterocycles. The molecule has 0 fully saturated rings. The van der Waals surface area contributed by atoms with E-state index in [4.69, 9.17) is 13.8 Å². The van der Waals surface area contributed by atoms with E-state index in [9.17, 15) is 19.0 Å². The number of carbonyl (C=O) groups is 2. The molecule has 0 bridgehead atoms. The van der Waals surface area contributed by atoms with Gasteiger partial charge in [0.1, 0.15) is 19.3 Å². The van der Waals surface area contributed by atoms with Crippen LogP contribution in [0.25, 0.3) is 0 Å². The average Bonchev–Trinajstić information content (AvgIpc) is 3.65. The zero-order valence-corrected chi connectivity index (χ0v) is 60.8. The molecule has 0 rings (SSSR count). The smallest absolute Gasteiger partial charge is 0.456 e. The van der Waals surface area contributed by atoms with Crippen molar-refractivity contribution in [2.45, 2.75) is 392 Å². The van der Waals surface area contributed by atoms with Crippen LogP contribution in [0, 0.1) is 0 Å². The molecule has 3 unspecified atom stereocenters. The molecule has 0 aliphatic carbocycles. The summed E-state index contributed by atoms with van der Waals surface area (Å²) in [5.41, 5.74) is 0. The Morgan fingerprint density at radius 3 is 1.03 bits per heavy atom. The van der Waals surface area contributed by atoms with E-state index in [2.05, 4.69) is 80.8 Å². The molecule has 0 aliphatic heterocycles. The predicted octanol–water partition coefficient (Wildman–Crippen LogP) is 24.9. The maximum absolute atomic E-state index is 13.7. The molecule has 0 saturated carbocycles. The number of rotatable bonds is 71. The third kappa shape index (κ3) is 69.9. The summed E-state index contributed by atoms with van der Waals surface area (Å²) >= 11 is 0. The molecule has 0 aromatic carbocycles. The van der Waals surface area contributed by atoms with E-state index in [-0.39, 0.29) is 25.1 Å². The number of unbranched alkanes of at least 4 members (excludes halogenated alkanes) is 47. The van der Waals surface area contributed by atoms with Crippen LogP contribution >= 0.6 is 7.82 Å². The first kappa shape index (κ1) is 86.7. The number of hydrogen-bond donors (Lipinski definition) is 2. The van der Waals surface area contributed by atoms with E-state index in [1.165, 1.54) is 276 Å². The van der Waals surface area contributed by atoms with Crippen molar-refractivity contribution >= 4 is 19.7 Å². The van der Waals surface area contributed by atoms with Crippen molar-refractivity contribution in [1.29, 1.82) is 0 Å². The van der Waals surface area contributed by atoms with Gasteiger partial charge in [0.25, 0.3) is 0 Å². The molecule has 0 spiro atoms. The summed E-state index contributed by atoms with van der Waals surface area (Å²) in [6.45, 7) is 7.03. The van der Waals surface area contributed by atoms with Crippen LogP contribution in [0.3, 0.4) is 0 Å². The zero-order chi connectivity index (χ0) is 64.9. The van der Waals surface area contributed by atoms with E-state index < -0.39 is 20.0 Å². The van der Waals surface area contributed by atoms with Crippen LogP contribution in [0.1, 0.15) is 380 Å². The van der Waals surface area contributed by atoms with Gasteiger partial charge in [-0.05, 0) is 96.0 Å². The lowest BCUT2D eigenvalue weighted by atomic mass is 10.0. The number of esters is 1. The zero-order valence-electron chi connectivity index (χ0n) is 59.9. The number of hydrogen-bond acceptors (Lipinski definition) is 6. The fraction of sp³-hybridized carbons (Fsp3) is 0.848. The highest BCUT2D eigenvalue weighted by Crippen LogP contribution is 2.43. The normalized spacial score (nSPS) is 13.7. The Hall–Kier alpha value is -2.29. The molecule has 2 N–H and O–H groups in total. The summed E-state index contributed by atoms with van der Waals surface area (Å²) in [5.74, 6) is -0.487. The molecule has 9 nitrogen and oxygen atoms in total. The largest absolute Gasteiger partial charge is 0.472 e. The van der Waals surface area contributed by atoms with Crippen LogP contribution in [0.5, 0.6) is 0 Å². The van der Waals surface area contributed by atoms with Crippen LogP contribution in [0.2, 0.25) is 0 Å². The third-order valence-electron chi connectivity index (χ3n) is 17.4. The van der Waals surface area contributed by atoms with Gasteiger partial charge >= 0.3 is 13.8 Å².